The molecule has 3 fully saturated rings. The molecule has 0 amide bonds. The molecule has 5 rings (SSSR count). The van der Waals surface area contributed by atoms with Gasteiger partial charge in [0.1, 0.15) is 11.1 Å². The Morgan fingerprint density at radius 3 is 2.69 bits per heavy atom. The van der Waals surface area contributed by atoms with E-state index in [0.717, 1.165) is 69.3 Å². The number of aliphatic hydroxyl groups excluding tert-OH is 1. The van der Waals surface area contributed by atoms with Gasteiger partial charge in [-0.1, -0.05) is 6.07 Å². The van der Waals surface area contributed by atoms with Crippen LogP contribution in [0.5, 0.6) is 11.6 Å². The summed E-state index contributed by atoms with van der Waals surface area (Å²) in [6.07, 6.45) is 5.63. The molecule has 192 valence electrons. The fraction of sp³-hybridized carbons (Fsp3) is 0.692. The van der Waals surface area contributed by atoms with Crippen molar-refractivity contribution in [3.63, 3.8) is 0 Å². The molecule has 2 aliphatic heterocycles. The van der Waals surface area contributed by atoms with Gasteiger partial charge in [0.15, 0.2) is 5.58 Å². The molecule has 1 aliphatic carbocycles. The van der Waals surface area contributed by atoms with Gasteiger partial charge in [-0.3, -0.25) is 4.79 Å². The fourth-order valence-electron chi connectivity index (χ4n) is 5.64. The predicted molar refractivity (Wildman–Crippen MR) is 128 cm³/mol. The fourth-order valence-corrected chi connectivity index (χ4v) is 5.64. The summed E-state index contributed by atoms with van der Waals surface area (Å²) in [5.41, 5.74) is 0.644. The third-order valence-corrected chi connectivity index (χ3v) is 7.81. The minimum absolute atomic E-state index is 0.0568. The van der Waals surface area contributed by atoms with E-state index in [2.05, 4.69) is 10.1 Å². The predicted octanol–water partition coefficient (Wildman–Crippen LogP) is 3.34. The molecular formula is C26H36N2O7. The van der Waals surface area contributed by atoms with Crippen molar-refractivity contribution in [3.05, 3.63) is 18.2 Å². The largest absolute Gasteiger partial charge is 0.489 e. The lowest BCUT2D eigenvalue weighted by atomic mass is 9.87. The highest BCUT2D eigenvalue weighted by atomic mass is 16.5. The smallest absolute Gasteiger partial charge is 0.307 e. The van der Waals surface area contributed by atoms with Crippen molar-refractivity contribution in [1.29, 1.82) is 0 Å². The summed E-state index contributed by atoms with van der Waals surface area (Å²) in [6.45, 7) is 4.27. The molecule has 3 aliphatic rings. The van der Waals surface area contributed by atoms with Crippen molar-refractivity contribution < 1.29 is 33.7 Å². The van der Waals surface area contributed by atoms with Crippen molar-refractivity contribution in [3.8, 4) is 11.6 Å². The van der Waals surface area contributed by atoms with Crippen LogP contribution in [-0.2, 0) is 9.53 Å². The van der Waals surface area contributed by atoms with E-state index < -0.39 is 5.97 Å². The van der Waals surface area contributed by atoms with Crippen molar-refractivity contribution in [2.24, 2.45) is 17.8 Å². The number of carboxylic acids is 1. The summed E-state index contributed by atoms with van der Waals surface area (Å²) in [7, 11) is 0. The number of carbonyl (C=O) groups is 1. The van der Waals surface area contributed by atoms with Crippen LogP contribution in [0.1, 0.15) is 44.9 Å². The Balaban J connectivity index is 1.14. The molecule has 2 aromatic rings. The summed E-state index contributed by atoms with van der Waals surface area (Å²) in [6, 6.07) is 5.69. The number of nitrogens with zero attached hydrogens (tertiary/aromatic N) is 2. The maximum Gasteiger partial charge on any atom is 0.307 e. The van der Waals surface area contributed by atoms with Crippen molar-refractivity contribution in [1.82, 2.24) is 10.1 Å². The first-order chi connectivity index (χ1) is 17.1. The van der Waals surface area contributed by atoms with Gasteiger partial charge in [0, 0.05) is 19.1 Å². The van der Waals surface area contributed by atoms with Crippen LogP contribution in [0, 0.1) is 17.8 Å². The first-order valence-electron chi connectivity index (χ1n) is 13.0. The van der Waals surface area contributed by atoms with Crippen LogP contribution in [0.3, 0.4) is 0 Å². The third-order valence-electron chi connectivity index (χ3n) is 7.81. The average molecular weight is 489 g/mol. The number of rotatable bonds is 8. The van der Waals surface area contributed by atoms with E-state index in [9.17, 15) is 15.0 Å². The van der Waals surface area contributed by atoms with Crippen molar-refractivity contribution in [2.45, 2.75) is 57.2 Å². The summed E-state index contributed by atoms with van der Waals surface area (Å²) in [4.78, 5) is 13.9. The molecule has 1 aromatic heterocycles. The summed E-state index contributed by atoms with van der Waals surface area (Å²) < 4.78 is 23.5. The van der Waals surface area contributed by atoms with Gasteiger partial charge in [0.2, 0.25) is 0 Å². The van der Waals surface area contributed by atoms with Crippen LogP contribution in [0.15, 0.2) is 22.7 Å². The lowest BCUT2D eigenvalue weighted by molar-refractivity contribution is -0.149. The highest BCUT2D eigenvalue weighted by Gasteiger charge is 2.33. The number of fused-ring (bicyclic) bond motifs is 1. The Bertz CT molecular complexity index is 979. The highest BCUT2D eigenvalue weighted by Crippen LogP contribution is 2.36. The highest BCUT2D eigenvalue weighted by molar-refractivity contribution is 5.88. The van der Waals surface area contributed by atoms with Gasteiger partial charge in [-0.05, 0) is 81.2 Å². The second-order valence-corrected chi connectivity index (χ2v) is 10.3. The summed E-state index contributed by atoms with van der Waals surface area (Å²) in [5, 5.41) is 24.2. The Morgan fingerprint density at radius 2 is 1.91 bits per heavy atom. The average Bonchev–Trinajstić information content (AvgIpc) is 3.29. The summed E-state index contributed by atoms with van der Waals surface area (Å²) >= 11 is 0. The topological polar surface area (TPSA) is 114 Å². The minimum Gasteiger partial charge on any atom is -0.489 e. The number of aromatic nitrogens is 1. The zero-order chi connectivity index (χ0) is 24.2. The van der Waals surface area contributed by atoms with Crippen LogP contribution in [0.25, 0.3) is 11.0 Å². The number of ether oxygens (including phenoxy) is 3. The Kier molecular flexibility index (Phi) is 7.75. The van der Waals surface area contributed by atoms with Gasteiger partial charge in [0.25, 0.3) is 5.88 Å². The number of benzene rings is 1. The second-order valence-electron chi connectivity index (χ2n) is 10.3. The minimum atomic E-state index is -0.703. The first-order valence-corrected chi connectivity index (χ1v) is 13.0. The Hall–Kier alpha value is -2.36. The number of hydrogen-bond donors (Lipinski definition) is 2. The summed E-state index contributed by atoms with van der Waals surface area (Å²) in [5.74, 6) is 0.645. The molecule has 2 unspecified atom stereocenters. The normalized spacial score (nSPS) is 28.7. The monoisotopic (exact) mass is 488 g/mol. The van der Waals surface area contributed by atoms with Gasteiger partial charge in [0.05, 0.1) is 31.3 Å². The third kappa shape index (κ3) is 5.90. The van der Waals surface area contributed by atoms with Crippen LogP contribution in [0.4, 0.5) is 0 Å². The molecular weight excluding hydrogens is 452 g/mol. The standard InChI is InChI=1S/C26H36N2O7/c29-19-4-6-20(7-5-19)34-22-2-1-3-23-24(22)25(27-35-23)33-15-17-8-11-28(12-9-17)14-18-16-32-13-10-21(18)26(30)31/h1-3,17-21,29H,4-16H2,(H,30,31). The molecule has 1 aromatic carbocycles. The number of likely N-dealkylation sites (tertiary alicyclic amines) is 1. The number of carboxylic acid groups (broad SMARTS) is 1. The molecule has 1 saturated carbocycles. The maximum atomic E-state index is 11.6. The first kappa shape index (κ1) is 24.3. The van der Waals surface area contributed by atoms with E-state index in [4.69, 9.17) is 18.7 Å². The lowest BCUT2D eigenvalue weighted by Gasteiger charge is -2.37. The van der Waals surface area contributed by atoms with Crippen LogP contribution >= 0.6 is 0 Å². The molecule has 0 radical (unpaired) electrons. The zero-order valence-corrected chi connectivity index (χ0v) is 20.1. The van der Waals surface area contributed by atoms with Gasteiger partial charge < -0.3 is 33.8 Å². The molecule has 2 saturated heterocycles. The van der Waals surface area contributed by atoms with Crippen LogP contribution in [0.2, 0.25) is 0 Å². The van der Waals surface area contributed by atoms with Gasteiger partial charge in [-0.2, -0.15) is 0 Å². The molecule has 35 heavy (non-hydrogen) atoms. The number of piperidine rings is 1. The number of hydrogen-bond acceptors (Lipinski definition) is 8. The van der Waals surface area contributed by atoms with E-state index in [1.807, 2.05) is 18.2 Å². The van der Waals surface area contributed by atoms with E-state index in [-0.39, 0.29) is 24.0 Å². The SMILES string of the molecule is O=C(O)C1CCOCC1CN1CCC(COc2noc3cccc(OC4CCC(O)CC4)c23)CC1. The molecule has 0 bridgehead atoms. The van der Waals surface area contributed by atoms with Crippen LogP contribution in [-0.4, -0.2) is 77.9 Å². The molecule has 2 atom stereocenters. The van der Waals surface area contributed by atoms with Crippen molar-refractivity contribution >= 4 is 16.9 Å². The lowest BCUT2D eigenvalue weighted by Crippen LogP contribution is -2.44. The molecule has 0 spiro atoms. The number of aliphatic hydroxyl groups is 1. The Labute approximate surface area is 205 Å². The molecule has 3 heterocycles. The quantitative estimate of drug-likeness (QED) is 0.577. The molecule has 2 N–H and O–H groups in total. The van der Waals surface area contributed by atoms with Gasteiger partial charge >= 0.3 is 5.97 Å². The van der Waals surface area contributed by atoms with Gasteiger partial charge in [-0.15, -0.1) is 0 Å². The van der Waals surface area contributed by atoms with E-state index >= 15 is 0 Å². The molecule has 9 nitrogen and oxygen atoms in total. The van der Waals surface area contributed by atoms with E-state index in [1.54, 1.807) is 0 Å². The Morgan fingerprint density at radius 1 is 1.11 bits per heavy atom. The maximum absolute atomic E-state index is 11.6. The van der Waals surface area contributed by atoms with Crippen molar-refractivity contribution in [2.75, 3.05) is 39.5 Å². The van der Waals surface area contributed by atoms with Gasteiger partial charge in [-0.25, -0.2) is 0 Å². The van der Waals surface area contributed by atoms with Crippen LogP contribution < -0.4 is 9.47 Å². The number of aliphatic carboxylic acids is 1. The zero-order valence-electron chi connectivity index (χ0n) is 20.1. The van der Waals surface area contributed by atoms with E-state index in [0.29, 0.717) is 43.6 Å². The molecule has 9 heteroatoms. The second kappa shape index (κ2) is 11.1. The van der Waals surface area contributed by atoms with E-state index in [1.165, 1.54) is 0 Å².